The van der Waals surface area contributed by atoms with Crippen molar-refractivity contribution in [2.75, 3.05) is 25.0 Å². The Morgan fingerprint density at radius 1 is 1.42 bits per heavy atom. The van der Waals surface area contributed by atoms with E-state index in [0.29, 0.717) is 37.7 Å². The quantitative estimate of drug-likeness (QED) is 0.556. The molecule has 1 saturated heterocycles. The van der Waals surface area contributed by atoms with E-state index in [-0.39, 0.29) is 10.8 Å². The lowest BCUT2D eigenvalue weighted by Crippen LogP contribution is -2.39. The normalized spacial score (nSPS) is 19.7. The van der Waals surface area contributed by atoms with Gasteiger partial charge in [0.25, 0.3) is 5.91 Å². The molecule has 2 rings (SSSR count). The predicted octanol–water partition coefficient (Wildman–Crippen LogP) is 3.03. The summed E-state index contributed by atoms with van der Waals surface area (Å²) in [7, 11) is -3.48. The third-order valence-electron chi connectivity index (χ3n) is 4.44. The second-order valence-electron chi connectivity index (χ2n) is 6.71. The highest BCUT2D eigenvalue weighted by Crippen LogP contribution is 2.24. The fraction of sp³-hybridized carbons (Fsp3) is 0.526. The summed E-state index contributed by atoms with van der Waals surface area (Å²) in [5, 5.41) is 2.74. The van der Waals surface area contributed by atoms with Gasteiger partial charge in [0.1, 0.15) is 6.10 Å². The van der Waals surface area contributed by atoms with Gasteiger partial charge in [0, 0.05) is 18.8 Å². The first-order valence-electron chi connectivity index (χ1n) is 8.98. The van der Waals surface area contributed by atoms with E-state index in [0.717, 1.165) is 12.8 Å². The number of sulfonamides is 1. The second kappa shape index (κ2) is 9.30. The molecule has 0 radical (unpaired) electrons. The van der Waals surface area contributed by atoms with Crippen LogP contribution in [0.3, 0.4) is 0 Å². The van der Waals surface area contributed by atoms with Crippen LogP contribution in [-0.2, 0) is 19.6 Å². The number of benzene rings is 1. The summed E-state index contributed by atoms with van der Waals surface area (Å²) in [5.41, 5.74) is 0.542. The lowest BCUT2D eigenvalue weighted by atomic mass is 10.0. The SMILES string of the molecule is C=CCCOC(C)C(=O)Nc1ccc(S(=O)(=O)N2CCCC(C)C2)cc1. The Labute approximate surface area is 156 Å². The molecular weight excluding hydrogens is 352 g/mol. The highest BCUT2D eigenvalue weighted by Gasteiger charge is 2.28. The van der Waals surface area contributed by atoms with Gasteiger partial charge < -0.3 is 10.1 Å². The average molecular weight is 381 g/mol. The molecular formula is C19H28N2O4S. The summed E-state index contributed by atoms with van der Waals surface area (Å²) in [4.78, 5) is 12.3. The van der Waals surface area contributed by atoms with Crippen LogP contribution >= 0.6 is 0 Å². The van der Waals surface area contributed by atoms with E-state index in [9.17, 15) is 13.2 Å². The van der Waals surface area contributed by atoms with Gasteiger partial charge >= 0.3 is 0 Å². The maximum Gasteiger partial charge on any atom is 0.253 e. The molecule has 7 heteroatoms. The van der Waals surface area contributed by atoms with Crippen LogP contribution in [0.1, 0.15) is 33.1 Å². The zero-order valence-corrected chi connectivity index (χ0v) is 16.3. The molecule has 2 unspecified atom stereocenters. The van der Waals surface area contributed by atoms with E-state index in [4.69, 9.17) is 4.74 Å². The molecule has 1 fully saturated rings. The van der Waals surface area contributed by atoms with Crippen LogP contribution in [0.2, 0.25) is 0 Å². The molecule has 144 valence electrons. The molecule has 1 aromatic carbocycles. The van der Waals surface area contributed by atoms with Crippen LogP contribution in [0.5, 0.6) is 0 Å². The van der Waals surface area contributed by atoms with Crippen molar-refractivity contribution in [3.63, 3.8) is 0 Å². The van der Waals surface area contributed by atoms with Gasteiger partial charge in [-0.05, 0) is 56.4 Å². The number of carbonyl (C=O) groups is 1. The van der Waals surface area contributed by atoms with Crippen molar-refractivity contribution in [1.29, 1.82) is 0 Å². The van der Waals surface area contributed by atoms with Crippen molar-refractivity contribution in [2.45, 2.75) is 44.1 Å². The summed E-state index contributed by atoms with van der Waals surface area (Å²) in [6, 6.07) is 6.28. The fourth-order valence-corrected chi connectivity index (χ4v) is 4.47. The van der Waals surface area contributed by atoms with Crippen molar-refractivity contribution in [3.05, 3.63) is 36.9 Å². The monoisotopic (exact) mass is 380 g/mol. The smallest absolute Gasteiger partial charge is 0.253 e. The molecule has 1 aliphatic rings. The number of amides is 1. The summed E-state index contributed by atoms with van der Waals surface area (Å²) >= 11 is 0. The molecule has 26 heavy (non-hydrogen) atoms. The zero-order chi connectivity index (χ0) is 19.2. The molecule has 2 atom stereocenters. The number of anilines is 1. The van der Waals surface area contributed by atoms with Crippen LogP contribution in [0.4, 0.5) is 5.69 Å². The molecule has 6 nitrogen and oxygen atoms in total. The first kappa shape index (κ1) is 20.6. The van der Waals surface area contributed by atoms with Crippen LogP contribution < -0.4 is 5.32 Å². The summed E-state index contributed by atoms with van der Waals surface area (Å²) in [5.74, 6) is 0.106. The maximum absolute atomic E-state index is 12.7. The van der Waals surface area contributed by atoms with E-state index in [1.807, 2.05) is 0 Å². The predicted molar refractivity (Wildman–Crippen MR) is 102 cm³/mol. The number of nitrogens with zero attached hydrogens (tertiary/aromatic N) is 1. The topological polar surface area (TPSA) is 75.7 Å². The fourth-order valence-electron chi connectivity index (χ4n) is 2.87. The molecule has 0 spiro atoms. The molecule has 1 N–H and O–H groups in total. The minimum Gasteiger partial charge on any atom is -0.368 e. The second-order valence-corrected chi connectivity index (χ2v) is 8.65. The van der Waals surface area contributed by atoms with E-state index in [1.165, 1.54) is 12.1 Å². The maximum atomic E-state index is 12.7. The highest BCUT2D eigenvalue weighted by atomic mass is 32.2. The highest BCUT2D eigenvalue weighted by molar-refractivity contribution is 7.89. The van der Waals surface area contributed by atoms with E-state index >= 15 is 0 Å². The van der Waals surface area contributed by atoms with Gasteiger partial charge in [0.15, 0.2) is 0 Å². The zero-order valence-electron chi connectivity index (χ0n) is 15.5. The van der Waals surface area contributed by atoms with Gasteiger partial charge in [-0.3, -0.25) is 4.79 Å². The van der Waals surface area contributed by atoms with Crippen molar-refractivity contribution < 1.29 is 17.9 Å². The first-order chi connectivity index (χ1) is 12.3. The molecule has 0 aliphatic carbocycles. The molecule has 1 amide bonds. The summed E-state index contributed by atoms with van der Waals surface area (Å²) in [6.07, 6.45) is 3.77. The largest absolute Gasteiger partial charge is 0.368 e. The Hall–Kier alpha value is -1.70. The van der Waals surface area contributed by atoms with Crippen molar-refractivity contribution in [2.24, 2.45) is 5.92 Å². The number of hydrogen-bond acceptors (Lipinski definition) is 4. The number of rotatable bonds is 8. The molecule has 0 bridgehead atoms. The van der Waals surface area contributed by atoms with Gasteiger partial charge in [-0.25, -0.2) is 8.42 Å². The Morgan fingerprint density at radius 2 is 2.12 bits per heavy atom. The number of ether oxygens (including phenoxy) is 1. The van der Waals surface area contributed by atoms with Crippen molar-refractivity contribution >= 4 is 21.6 Å². The summed E-state index contributed by atoms with van der Waals surface area (Å²) < 4.78 is 32.4. The lowest BCUT2D eigenvalue weighted by Gasteiger charge is -2.30. The minimum atomic E-state index is -3.48. The van der Waals surface area contributed by atoms with Crippen LogP contribution in [0.25, 0.3) is 0 Å². The third kappa shape index (κ3) is 5.40. The van der Waals surface area contributed by atoms with Gasteiger partial charge in [0.05, 0.1) is 11.5 Å². The standard InChI is InChI=1S/C19H28N2O4S/c1-4-5-13-25-16(3)19(22)20-17-8-10-18(11-9-17)26(23,24)21-12-6-7-15(2)14-21/h4,8-11,15-16H,1,5-7,12-14H2,2-3H3,(H,20,22). The number of hydrogen-bond donors (Lipinski definition) is 1. The Kier molecular flexibility index (Phi) is 7.37. The Balaban J connectivity index is 1.99. The number of carbonyl (C=O) groups excluding carboxylic acids is 1. The van der Waals surface area contributed by atoms with Crippen LogP contribution in [0, 0.1) is 5.92 Å². The molecule has 0 saturated carbocycles. The van der Waals surface area contributed by atoms with Gasteiger partial charge in [-0.1, -0.05) is 13.0 Å². The van der Waals surface area contributed by atoms with E-state index in [1.54, 1.807) is 29.4 Å². The first-order valence-corrected chi connectivity index (χ1v) is 10.4. The third-order valence-corrected chi connectivity index (χ3v) is 6.32. The van der Waals surface area contributed by atoms with Gasteiger partial charge in [-0.15, -0.1) is 6.58 Å². The van der Waals surface area contributed by atoms with E-state index in [2.05, 4.69) is 18.8 Å². The van der Waals surface area contributed by atoms with Crippen LogP contribution in [-0.4, -0.2) is 44.4 Å². The molecule has 1 aromatic rings. The van der Waals surface area contributed by atoms with Crippen molar-refractivity contribution in [3.8, 4) is 0 Å². The van der Waals surface area contributed by atoms with Crippen molar-refractivity contribution in [1.82, 2.24) is 4.31 Å². The lowest BCUT2D eigenvalue weighted by molar-refractivity contribution is -0.126. The minimum absolute atomic E-state index is 0.250. The number of nitrogens with one attached hydrogen (secondary N) is 1. The van der Waals surface area contributed by atoms with Gasteiger partial charge in [-0.2, -0.15) is 4.31 Å². The summed E-state index contributed by atoms with van der Waals surface area (Å²) in [6.45, 7) is 8.90. The Morgan fingerprint density at radius 3 is 2.73 bits per heavy atom. The van der Waals surface area contributed by atoms with Gasteiger partial charge in [0.2, 0.25) is 10.0 Å². The Bertz CT molecular complexity index is 716. The van der Waals surface area contributed by atoms with Crippen LogP contribution in [0.15, 0.2) is 41.8 Å². The average Bonchev–Trinajstić information content (AvgIpc) is 2.62. The molecule has 0 aromatic heterocycles. The van der Waals surface area contributed by atoms with E-state index < -0.39 is 16.1 Å². The molecule has 1 aliphatic heterocycles. The number of piperidine rings is 1. The molecule has 1 heterocycles.